The van der Waals surface area contributed by atoms with Crippen molar-refractivity contribution in [2.45, 2.75) is 33.1 Å². The van der Waals surface area contributed by atoms with Crippen LogP contribution in [0.5, 0.6) is 0 Å². The van der Waals surface area contributed by atoms with E-state index in [1.165, 1.54) is 0 Å². The Morgan fingerprint density at radius 1 is 1.28 bits per heavy atom. The van der Waals surface area contributed by atoms with E-state index in [-0.39, 0.29) is 35.9 Å². The molecule has 0 aromatic carbocycles. The Labute approximate surface area is 168 Å². The van der Waals surface area contributed by atoms with E-state index in [4.69, 9.17) is 14.2 Å². The van der Waals surface area contributed by atoms with E-state index in [1.807, 2.05) is 6.92 Å². The van der Waals surface area contributed by atoms with Gasteiger partial charge in [-0.1, -0.05) is 0 Å². The van der Waals surface area contributed by atoms with Crippen LogP contribution in [0.2, 0.25) is 0 Å². The summed E-state index contributed by atoms with van der Waals surface area (Å²) in [4.78, 5) is 18.8. The summed E-state index contributed by atoms with van der Waals surface area (Å²) in [6, 6.07) is 0. The Bertz CT molecular complexity index is 383. The molecule has 0 aromatic heterocycles. The lowest BCUT2D eigenvalue weighted by molar-refractivity contribution is -0.149. The highest BCUT2D eigenvalue weighted by molar-refractivity contribution is 14.0. The summed E-state index contributed by atoms with van der Waals surface area (Å²) >= 11 is 0. The van der Waals surface area contributed by atoms with Crippen molar-refractivity contribution in [3.8, 4) is 0 Å². The maximum atomic E-state index is 12.0. The molecule has 0 unspecified atom stereocenters. The van der Waals surface area contributed by atoms with Gasteiger partial charge in [0, 0.05) is 39.9 Å². The molecule has 0 amide bonds. The van der Waals surface area contributed by atoms with Crippen LogP contribution in [0.15, 0.2) is 4.99 Å². The lowest BCUT2D eigenvalue weighted by Crippen LogP contribution is -2.48. The number of methoxy groups -OCH3 is 1. The van der Waals surface area contributed by atoms with E-state index in [9.17, 15) is 4.79 Å². The number of nitrogens with zero attached hydrogens (tertiary/aromatic N) is 2. The van der Waals surface area contributed by atoms with Gasteiger partial charge in [-0.3, -0.25) is 9.79 Å². The zero-order valence-corrected chi connectivity index (χ0v) is 18.1. The number of hydrogen-bond donors (Lipinski definition) is 1. The Balaban J connectivity index is 0.00000576. The first-order valence-electron chi connectivity index (χ1n) is 8.99. The highest BCUT2D eigenvalue weighted by atomic mass is 127. The largest absolute Gasteiger partial charge is 0.466 e. The fourth-order valence-electron chi connectivity index (χ4n) is 2.64. The van der Waals surface area contributed by atoms with Crippen LogP contribution in [0.25, 0.3) is 0 Å². The van der Waals surface area contributed by atoms with Crippen molar-refractivity contribution in [2.75, 3.05) is 59.7 Å². The minimum atomic E-state index is -0.0930. The number of ether oxygens (including phenoxy) is 3. The topological polar surface area (TPSA) is 72.4 Å². The van der Waals surface area contributed by atoms with Crippen LogP contribution in [0.3, 0.4) is 0 Å². The number of carbonyl (C=O) groups excluding carboxylic acids is 1. The molecule has 1 N–H and O–H groups in total. The highest BCUT2D eigenvalue weighted by Gasteiger charge is 2.28. The molecule has 8 heteroatoms. The van der Waals surface area contributed by atoms with Gasteiger partial charge in [0.25, 0.3) is 0 Å². The number of aliphatic imine (C=N–C) groups is 1. The Morgan fingerprint density at radius 2 is 2.08 bits per heavy atom. The van der Waals surface area contributed by atoms with Crippen LogP contribution in [0, 0.1) is 5.92 Å². The van der Waals surface area contributed by atoms with E-state index in [0.717, 1.165) is 38.3 Å². The molecule has 0 bridgehead atoms. The number of hydrogen-bond acceptors (Lipinski definition) is 5. The number of carbonyl (C=O) groups is 1. The van der Waals surface area contributed by atoms with Crippen molar-refractivity contribution in [1.82, 2.24) is 10.2 Å². The Morgan fingerprint density at radius 3 is 2.76 bits per heavy atom. The molecule has 0 radical (unpaired) electrons. The quantitative estimate of drug-likeness (QED) is 0.173. The predicted octanol–water partition coefficient (Wildman–Crippen LogP) is 1.90. The third kappa shape index (κ3) is 10.2. The van der Waals surface area contributed by atoms with Gasteiger partial charge in [0.05, 0.1) is 25.7 Å². The monoisotopic (exact) mass is 471 g/mol. The van der Waals surface area contributed by atoms with Gasteiger partial charge in [-0.05, 0) is 33.1 Å². The molecule has 7 nitrogen and oxygen atoms in total. The lowest BCUT2D eigenvalue weighted by Gasteiger charge is -2.34. The van der Waals surface area contributed by atoms with Gasteiger partial charge in [0.2, 0.25) is 0 Å². The highest BCUT2D eigenvalue weighted by Crippen LogP contribution is 2.18. The van der Waals surface area contributed by atoms with Gasteiger partial charge in [-0.2, -0.15) is 0 Å². The second-order valence-corrected chi connectivity index (χ2v) is 5.73. The average molecular weight is 471 g/mol. The number of guanidine groups is 1. The summed E-state index contributed by atoms with van der Waals surface area (Å²) in [6.45, 7) is 9.36. The van der Waals surface area contributed by atoms with Crippen molar-refractivity contribution >= 4 is 35.9 Å². The van der Waals surface area contributed by atoms with Crippen molar-refractivity contribution in [3.63, 3.8) is 0 Å². The standard InChI is InChI=1S/C17H33N3O4.HI/c1-4-18-17(19-9-7-11-23-13-12-22-3)20-10-6-8-15(14-20)16(21)24-5-2;/h15H,4-14H2,1-3H3,(H,18,19);1H/t15-;/m1./s1. The van der Waals surface area contributed by atoms with Crippen LogP contribution < -0.4 is 5.32 Å². The van der Waals surface area contributed by atoms with Gasteiger partial charge in [-0.15, -0.1) is 24.0 Å². The van der Waals surface area contributed by atoms with Crippen LogP contribution in [0.1, 0.15) is 33.1 Å². The molecule has 0 spiro atoms. The van der Waals surface area contributed by atoms with Crippen LogP contribution in [-0.4, -0.2) is 76.5 Å². The van der Waals surface area contributed by atoms with E-state index < -0.39 is 0 Å². The van der Waals surface area contributed by atoms with E-state index >= 15 is 0 Å². The molecule has 1 atom stereocenters. The number of piperidine rings is 1. The van der Waals surface area contributed by atoms with E-state index in [1.54, 1.807) is 7.11 Å². The van der Waals surface area contributed by atoms with Crippen molar-refractivity contribution < 1.29 is 19.0 Å². The first-order chi connectivity index (χ1) is 11.7. The van der Waals surface area contributed by atoms with Crippen LogP contribution >= 0.6 is 24.0 Å². The summed E-state index contributed by atoms with van der Waals surface area (Å²) in [5.74, 6) is 0.730. The zero-order chi connectivity index (χ0) is 17.6. The van der Waals surface area contributed by atoms with Crippen molar-refractivity contribution in [2.24, 2.45) is 10.9 Å². The molecule has 1 fully saturated rings. The second-order valence-electron chi connectivity index (χ2n) is 5.73. The first-order valence-corrected chi connectivity index (χ1v) is 8.99. The molecule has 0 aromatic rings. The predicted molar refractivity (Wildman–Crippen MR) is 110 cm³/mol. The number of rotatable bonds is 10. The summed E-state index contributed by atoms with van der Waals surface area (Å²) < 4.78 is 15.5. The number of halogens is 1. The minimum Gasteiger partial charge on any atom is -0.466 e. The number of nitrogens with one attached hydrogen (secondary N) is 1. The summed E-state index contributed by atoms with van der Waals surface area (Å²) in [7, 11) is 1.67. The number of esters is 1. The van der Waals surface area contributed by atoms with E-state index in [2.05, 4.69) is 22.1 Å². The van der Waals surface area contributed by atoms with Gasteiger partial charge in [0.1, 0.15) is 0 Å². The fraction of sp³-hybridized carbons (Fsp3) is 0.882. The maximum Gasteiger partial charge on any atom is 0.310 e. The zero-order valence-electron chi connectivity index (χ0n) is 15.8. The third-order valence-corrected chi connectivity index (χ3v) is 3.82. The van der Waals surface area contributed by atoms with Gasteiger partial charge in [-0.25, -0.2) is 0 Å². The first kappa shape index (κ1) is 24.4. The molecule has 1 saturated heterocycles. The summed E-state index contributed by atoms with van der Waals surface area (Å²) in [5, 5.41) is 3.32. The van der Waals surface area contributed by atoms with Gasteiger partial charge in [0.15, 0.2) is 5.96 Å². The van der Waals surface area contributed by atoms with Crippen molar-refractivity contribution in [3.05, 3.63) is 0 Å². The SMILES string of the molecule is CCNC(=NCCCOCCOC)N1CCC[C@@H](C(=O)OCC)C1.I. The Hall–Kier alpha value is -0.610. The molecule has 25 heavy (non-hydrogen) atoms. The molecule has 1 heterocycles. The average Bonchev–Trinajstić information content (AvgIpc) is 2.60. The van der Waals surface area contributed by atoms with Crippen LogP contribution in [0.4, 0.5) is 0 Å². The molecule has 1 rings (SSSR count). The van der Waals surface area contributed by atoms with Crippen molar-refractivity contribution in [1.29, 1.82) is 0 Å². The normalized spacial score (nSPS) is 17.8. The number of likely N-dealkylation sites (tertiary alicyclic amines) is 1. The molecule has 1 aliphatic heterocycles. The molecule has 148 valence electrons. The lowest BCUT2D eigenvalue weighted by atomic mass is 9.98. The van der Waals surface area contributed by atoms with Crippen LogP contribution in [-0.2, 0) is 19.0 Å². The molecular weight excluding hydrogens is 437 g/mol. The molecule has 1 aliphatic rings. The third-order valence-electron chi connectivity index (χ3n) is 3.82. The molecule has 0 aliphatic carbocycles. The van der Waals surface area contributed by atoms with Gasteiger partial charge < -0.3 is 24.4 Å². The fourth-order valence-corrected chi connectivity index (χ4v) is 2.64. The summed E-state index contributed by atoms with van der Waals surface area (Å²) in [6.07, 6.45) is 2.74. The summed E-state index contributed by atoms with van der Waals surface area (Å²) in [5.41, 5.74) is 0. The Kier molecular flexibility index (Phi) is 15.2. The smallest absolute Gasteiger partial charge is 0.310 e. The van der Waals surface area contributed by atoms with E-state index in [0.29, 0.717) is 39.5 Å². The molecule has 0 saturated carbocycles. The molecular formula is C17H34IN3O4. The second kappa shape index (κ2) is 15.6. The maximum absolute atomic E-state index is 12.0. The minimum absolute atomic E-state index is 0. The van der Waals surface area contributed by atoms with Gasteiger partial charge >= 0.3 is 5.97 Å².